The van der Waals surface area contributed by atoms with Gasteiger partial charge in [-0.05, 0) is 69.8 Å². The zero-order valence-electron chi connectivity index (χ0n) is 22.9. The number of ether oxygens (including phenoxy) is 1. The van der Waals surface area contributed by atoms with Crippen LogP contribution >= 0.6 is 0 Å². The maximum absolute atomic E-state index is 11.6. The minimum atomic E-state index is -1.15. The van der Waals surface area contributed by atoms with E-state index in [1.807, 2.05) is 30.3 Å². The van der Waals surface area contributed by atoms with E-state index in [0.29, 0.717) is 12.0 Å². The molecule has 2 unspecified atom stereocenters. The molecule has 1 fully saturated rings. The number of carboxylic acid groups (broad SMARTS) is 3. The Morgan fingerprint density at radius 1 is 0.950 bits per heavy atom. The van der Waals surface area contributed by atoms with Gasteiger partial charge in [-0.2, -0.15) is 0 Å². The van der Waals surface area contributed by atoms with Gasteiger partial charge < -0.3 is 41.5 Å². The second-order valence-electron chi connectivity index (χ2n) is 10.0. The summed E-state index contributed by atoms with van der Waals surface area (Å²) in [6, 6.07) is 13.3. The minimum Gasteiger partial charge on any atom is -0.508 e. The van der Waals surface area contributed by atoms with Crippen molar-refractivity contribution in [3.8, 4) is 5.75 Å². The van der Waals surface area contributed by atoms with E-state index in [1.54, 1.807) is 32.9 Å². The predicted molar refractivity (Wildman–Crippen MR) is 147 cm³/mol. The number of carbonyl (C=O) groups is 4. The van der Waals surface area contributed by atoms with E-state index in [0.717, 1.165) is 24.9 Å². The van der Waals surface area contributed by atoms with E-state index in [9.17, 15) is 19.2 Å². The molecule has 8 N–H and O–H groups in total. The fourth-order valence-corrected chi connectivity index (χ4v) is 3.37. The zero-order valence-corrected chi connectivity index (χ0v) is 22.9. The number of carbonyl (C=O) groups excluding carboxylic acids is 1. The number of aliphatic carboxylic acids is 3. The molecule has 0 radical (unpaired) electrons. The van der Waals surface area contributed by atoms with Gasteiger partial charge in [0.1, 0.15) is 29.5 Å². The van der Waals surface area contributed by atoms with Crippen LogP contribution in [0.1, 0.15) is 44.7 Å². The van der Waals surface area contributed by atoms with Crippen LogP contribution in [-0.4, -0.2) is 74.7 Å². The number of rotatable bonds is 8. The van der Waals surface area contributed by atoms with E-state index < -0.39 is 41.7 Å². The van der Waals surface area contributed by atoms with Crippen LogP contribution < -0.4 is 16.4 Å². The van der Waals surface area contributed by atoms with Crippen molar-refractivity contribution < 1.29 is 44.3 Å². The van der Waals surface area contributed by atoms with E-state index in [4.69, 9.17) is 30.9 Å². The van der Waals surface area contributed by atoms with E-state index in [-0.39, 0.29) is 18.2 Å². The van der Waals surface area contributed by atoms with Gasteiger partial charge in [-0.25, -0.2) is 9.59 Å². The SMILES string of the molecule is CC(C)(C)OC(=O)NC(Cc1ccc(O)cc1)C(=O)O.NC(Cc1ccccc1)C(=O)O.O=C(O)[C@@H]1CCCN1. The van der Waals surface area contributed by atoms with Crippen LogP contribution in [0, 0.1) is 0 Å². The third kappa shape index (κ3) is 14.7. The molecule has 1 saturated heterocycles. The Kier molecular flexibility index (Phi) is 14.2. The molecule has 3 rings (SSSR count). The molecule has 1 aliphatic heterocycles. The van der Waals surface area contributed by atoms with Gasteiger partial charge in [0.05, 0.1) is 0 Å². The summed E-state index contributed by atoms with van der Waals surface area (Å²) in [7, 11) is 0. The Morgan fingerprint density at radius 3 is 1.95 bits per heavy atom. The van der Waals surface area contributed by atoms with Crippen molar-refractivity contribution in [2.75, 3.05) is 6.54 Å². The molecule has 0 bridgehead atoms. The molecule has 3 atom stereocenters. The molecule has 1 aliphatic rings. The molecule has 1 amide bonds. The highest BCUT2D eigenvalue weighted by molar-refractivity contribution is 5.80. The second-order valence-corrected chi connectivity index (χ2v) is 10.0. The molecule has 12 nitrogen and oxygen atoms in total. The molecule has 2 aromatic rings. The van der Waals surface area contributed by atoms with Crippen molar-refractivity contribution in [2.24, 2.45) is 5.73 Å². The highest BCUT2D eigenvalue weighted by Gasteiger charge is 2.24. The molecule has 12 heteroatoms. The van der Waals surface area contributed by atoms with Crippen molar-refractivity contribution in [2.45, 2.75) is 70.2 Å². The minimum absolute atomic E-state index is 0.0979. The highest BCUT2D eigenvalue weighted by atomic mass is 16.6. The standard InChI is InChI=1S/C14H19NO5.C9H11NO2.C5H9NO2/c1-14(2,3)20-13(19)15-11(12(17)18)8-9-4-6-10(16)7-5-9;10-8(9(11)12)6-7-4-2-1-3-5-7;7-5(8)4-2-1-3-6-4/h4-7,11,16H,8H2,1-3H3,(H,15,19)(H,17,18);1-5,8H,6,10H2,(H,11,12);4,6H,1-3H2,(H,7,8)/t;;4-/m..0/s1. The Labute approximate surface area is 233 Å². The van der Waals surface area contributed by atoms with E-state index in [1.165, 1.54) is 12.1 Å². The fraction of sp³-hybridized carbons (Fsp3) is 0.429. The van der Waals surface area contributed by atoms with Crippen molar-refractivity contribution in [3.05, 3.63) is 65.7 Å². The van der Waals surface area contributed by atoms with Crippen LogP contribution in [0.5, 0.6) is 5.75 Å². The van der Waals surface area contributed by atoms with Gasteiger partial charge in [0, 0.05) is 6.42 Å². The first-order chi connectivity index (χ1) is 18.7. The average molecular weight is 562 g/mol. The van der Waals surface area contributed by atoms with Crippen LogP contribution in [0.15, 0.2) is 54.6 Å². The lowest BCUT2D eigenvalue weighted by molar-refractivity contribution is -0.140. The van der Waals surface area contributed by atoms with Crippen LogP contribution in [-0.2, 0) is 32.0 Å². The van der Waals surface area contributed by atoms with Crippen molar-refractivity contribution >= 4 is 24.0 Å². The fourth-order valence-electron chi connectivity index (χ4n) is 3.37. The second kappa shape index (κ2) is 16.7. The average Bonchev–Trinajstić information content (AvgIpc) is 3.41. The summed E-state index contributed by atoms with van der Waals surface area (Å²) in [5.41, 5.74) is 6.30. The molecular formula is C28H39N3O9. The maximum Gasteiger partial charge on any atom is 0.408 e. The summed E-state index contributed by atoms with van der Waals surface area (Å²) in [5.74, 6) is -2.73. The molecule has 1 heterocycles. The monoisotopic (exact) mass is 561 g/mol. The normalized spacial score (nSPS) is 15.7. The third-order valence-electron chi connectivity index (χ3n) is 5.34. The van der Waals surface area contributed by atoms with Gasteiger partial charge in [0.15, 0.2) is 0 Å². The summed E-state index contributed by atoms with van der Waals surface area (Å²) >= 11 is 0. The van der Waals surface area contributed by atoms with Crippen molar-refractivity contribution in [1.82, 2.24) is 10.6 Å². The first-order valence-electron chi connectivity index (χ1n) is 12.7. The Hall–Kier alpha value is -4.16. The lowest BCUT2D eigenvalue weighted by Crippen LogP contribution is -2.44. The third-order valence-corrected chi connectivity index (χ3v) is 5.34. The Bertz CT molecular complexity index is 1080. The van der Waals surface area contributed by atoms with Crippen LogP contribution in [0.2, 0.25) is 0 Å². The molecule has 2 aromatic carbocycles. The smallest absolute Gasteiger partial charge is 0.408 e. The number of nitrogens with one attached hydrogen (secondary N) is 2. The van der Waals surface area contributed by atoms with Gasteiger partial charge in [0.25, 0.3) is 0 Å². The Morgan fingerprint density at radius 2 is 1.52 bits per heavy atom. The van der Waals surface area contributed by atoms with Gasteiger partial charge >= 0.3 is 24.0 Å². The number of nitrogens with two attached hydrogens (primary N) is 1. The number of phenolic OH excluding ortho intramolecular Hbond substituents is 1. The number of benzene rings is 2. The number of carboxylic acids is 3. The lowest BCUT2D eigenvalue weighted by atomic mass is 10.1. The number of aromatic hydroxyl groups is 1. The molecule has 0 spiro atoms. The molecule has 0 saturated carbocycles. The summed E-state index contributed by atoms with van der Waals surface area (Å²) in [6.45, 7) is 5.95. The van der Waals surface area contributed by atoms with Crippen LogP contribution in [0.4, 0.5) is 4.79 Å². The molecule has 220 valence electrons. The van der Waals surface area contributed by atoms with Gasteiger partial charge in [0.2, 0.25) is 0 Å². The first kappa shape index (κ1) is 33.9. The Balaban J connectivity index is 0.000000336. The van der Waals surface area contributed by atoms with E-state index >= 15 is 0 Å². The number of phenols is 1. The topological polar surface area (TPSA) is 209 Å². The number of alkyl carbamates (subject to hydrolysis) is 1. The number of hydrogen-bond donors (Lipinski definition) is 7. The number of hydrogen-bond acceptors (Lipinski definition) is 8. The zero-order chi connectivity index (χ0) is 30.3. The summed E-state index contributed by atoms with van der Waals surface area (Å²) in [6.07, 6.45) is 1.50. The maximum atomic E-state index is 11.6. The van der Waals surface area contributed by atoms with Crippen LogP contribution in [0.25, 0.3) is 0 Å². The lowest BCUT2D eigenvalue weighted by Gasteiger charge is -2.22. The van der Waals surface area contributed by atoms with Gasteiger partial charge in [-0.15, -0.1) is 0 Å². The molecule has 0 aliphatic carbocycles. The van der Waals surface area contributed by atoms with Gasteiger partial charge in [-0.1, -0.05) is 42.5 Å². The molecule has 0 aromatic heterocycles. The number of amides is 1. The van der Waals surface area contributed by atoms with Gasteiger partial charge in [-0.3, -0.25) is 9.59 Å². The highest BCUT2D eigenvalue weighted by Crippen LogP contribution is 2.12. The quantitative estimate of drug-likeness (QED) is 0.249. The first-order valence-corrected chi connectivity index (χ1v) is 12.7. The summed E-state index contributed by atoms with van der Waals surface area (Å²) in [4.78, 5) is 43.3. The predicted octanol–water partition coefficient (Wildman–Crippen LogP) is 2.38. The van der Waals surface area contributed by atoms with Crippen LogP contribution in [0.3, 0.4) is 0 Å². The largest absolute Gasteiger partial charge is 0.508 e. The van der Waals surface area contributed by atoms with Crippen molar-refractivity contribution in [1.29, 1.82) is 0 Å². The molecular weight excluding hydrogens is 522 g/mol. The van der Waals surface area contributed by atoms with Crippen molar-refractivity contribution in [3.63, 3.8) is 0 Å². The molecule has 40 heavy (non-hydrogen) atoms. The summed E-state index contributed by atoms with van der Waals surface area (Å²) in [5, 5.41) is 40.3. The summed E-state index contributed by atoms with van der Waals surface area (Å²) < 4.78 is 5.02. The van der Waals surface area contributed by atoms with E-state index in [2.05, 4.69) is 10.6 Å².